The summed E-state index contributed by atoms with van der Waals surface area (Å²) in [4.78, 5) is 31.0. The van der Waals surface area contributed by atoms with E-state index in [2.05, 4.69) is 15.3 Å². The minimum atomic E-state index is -0.401. The zero-order chi connectivity index (χ0) is 14.4. The number of rotatable bonds is 2. The van der Waals surface area contributed by atoms with Crippen LogP contribution in [0.1, 0.15) is 44.6 Å². The van der Waals surface area contributed by atoms with Gasteiger partial charge in [-0.05, 0) is 33.2 Å². The smallest absolute Gasteiger partial charge is 0.324 e. The first-order valence-corrected chi connectivity index (χ1v) is 6.95. The molecule has 1 fully saturated rings. The van der Waals surface area contributed by atoms with Crippen molar-refractivity contribution in [1.29, 1.82) is 0 Å². The van der Waals surface area contributed by atoms with Gasteiger partial charge < -0.3 is 9.88 Å². The van der Waals surface area contributed by atoms with Crippen LogP contribution in [0.25, 0.3) is 11.2 Å². The largest absolute Gasteiger partial charge is 0.330 e. The number of imidazole rings is 1. The Morgan fingerprint density at radius 2 is 2.10 bits per heavy atom. The molecule has 7 heteroatoms. The van der Waals surface area contributed by atoms with E-state index in [1.165, 1.54) is 4.57 Å². The SMILES string of the molecule is CC(C)n1c(=O)[nH]c(=O)c2c1nc(C1CCCN1)n2C. The molecule has 108 valence electrons. The minimum Gasteiger partial charge on any atom is -0.324 e. The van der Waals surface area contributed by atoms with Crippen molar-refractivity contribution >= 4 is 11.2 Å². The topological polar surface area (TPSA) is 84.7 Å². The van der Waals surface area contributed by atoms with Crippen molar-refractivity contribution in [3.8, 4) is 0 Å². The van der Waals surface area contributed by atoms with Crippen LogP contribution in [-0.4, -0.2) is 25.6 Å². The lowest BCUT2D eigenvalue weighted by atomic mass is 10.2. The zero-order valence-electron chi connectivity index (χ0n) is 11.9. The number of fused-ring (bicyclic) bond motifs is 1. The van der Waals surface area contributed by atoms with Gasteiger partial charge in [0.05, 0.1) is 6.04 Å². The minimum absolute atomic E-state index is 0.0545. The second-order valence-corrected chi connectivity index (χ2v) is 5.57. The highest BCUT2D eigenvalue weighted by Gasteiger charge is 2.25. The first kappa shape index (κ1) is 13.1. The summed E-state index contributed by atoms with van der Waals surface area (Å²) < 4.78 is 3.34. The lowest BCUT2D eigenvalue weighted by Crippen LogP contribution is -2.31. The van der Waals surface area contributed by atoms with Crippen LogP contribution in [0.4, 0.5) is 0 Å². The molecule has 1 aliphatic heterocycles. The maximum absolute atomic E-state index is 12.1. The fraction of sp³-hybridized carbons (Fsp3) is 0.615. The Morgan fingerprint density at radius 3 is 2.70 bits per heavy atom. The summed E-state index contributed by atoms with van der Waals surface area (Å²) in [5, 5.41) is 3.37. The average molecular weight is 277 g/mol. The molecular formula is C13H19N5O2. The fourth-order valence-corrected chi connectivity index (χ4v) is 2.93. The molecule has 1 atom stereocenters. The van der Waals surface area contributed by atoms with Crippen molar-refractivity contribution in [3.05, 3.63) is 26.7 Å². The summed E-state index contributed by atoms with van der Waals surface area (Å²) in [5.74, 6) is 0.822. The number of H-pyrrole nitrogens is 1. The van der Waals surface area contributed by atoms with Crippen molar-refractivity contribution < 1.29 is 0 Å². The third-order valence-corrected chi connectivity index (χ3v) is 3.88. The van der Waals surface area contributed by atoms with E-state index < -0.39 is 5.69 Å². The standard InChI is InChI=1S/C13H19N5O2/c1-7(2)18-11-9(12(19)16-13(18)20)17(3)10(15-11)8-5-4-6-14-8/h7-8,14H,4-6H2,1-3H3,(H,16,19,20). The molecule has 0 amide bonds. The van der Waals surface area contributed by atoms with Gasteiger partial charge in [-0.25, -0.2) is 9.78 Å². The summed E-state index contributed by atoms with van der Waals surface area (Å²) in [6, 6.07) is 0.101. The quantitative estimate of drug-likeness (QED) is 0.833. The molecule has 2 aromatic rings. The van der Waals surface area contributed by atoms with Crippen molar-refractivity contribution in [1.82, 2.24) is 24.4 Å². The number of aromatic nitrogens is 4. The van der Waals surface area contributed by atoms with E-state index in [0.29, 0.717) is 11.2 Å². The molecular weight excluding hydrogens is 258 g/mol. The summed E-state index contributed by atoms with van der Waals surface area (Å²) in [6.45, 7) is 4.77. The van der Waals surface area contributed by atoms with Gasteiger partial charge in [0.15, 0.2) is 11.2 Å². The van der Waals surface area contributed by atoms with E-state index in [1.807, 2.05) is 20.9 Å². The Kier molecular flexibility index (Phi) is 3.01. The average Bonchev–Trinajstić information content (AvgIpc) is 2.96. The molecule has 0 aliphatic carbocycles. The van der Waals surface area contributed by atoms with E-state index in [1.54, 1.807) is 4.57 Å². The van der Waals surface area contributed by atoms with Gasteiger partial charge in [0.25, 0.3) is 5.56 Å². The van der Waals surface area contributed by atoms with Crippen LogP contribution in [0.5, 0.6) is 0 Å². The van der Waals surface area contributed by atoms with Gasteiger partial charge in [0.2, 0.25) is 0 Å². The highest BCUT2D eigenvalue weighted by molar-refractivity contribution is 5.71. The lowest BCUT2D eigenvalue weighted by Gasteiger charge is -2.09. The zero-order valence-corrected chi connectivity index (χ0v) is 11.9. The van der Waals surface area contributed by atoms with Crippen LogP contribution in [0.2, 0.25) is 0 Å². The maximum atomic E-state index is 12.1. The molecule has 0 radical (unpaired) electrons. The Morgan fingerprint density at radius 1 is 1.35 bits per heavy atom. The first-order valence-electron chi connectivity index (χ1n) is 6.95. The van der Waals surface area contributed by atoms with E-state index in [0.717, 1.165) is 25.2 Å². The molecule has 3 rings (SSSR count). The van der Waals surface area contributed by atoms with Gasteiger partial charge >= 0.3 is 5.69 Å². The second-order valence-electron chi connectivity index (χ2n) is 5.57. The Balaban J connectivity index is 2.34. The van der Waals surface area contributed by atoms with Crippen LogP contribution in [0.15, 0.2) is 9.59 Å². The van der Waals surface area contributed by atoms with E-state index in [9.17, 15) is 9.59 Å². The van der Waals surface area contributed by atoms with Gasteiger partial charge in [0, 0.05) is 13.1 Å². The molecule has 1 aliphatic rings. The Labute approximate surface area is 115 Å². The predicted octanol–water partition coefficient (Wildman–Crippen LogP) is 0.429. The normalized spacial score (nSPS) is 19.3. The van der Waals surface area contributed by atoms with Crippen LogP contribution in [0, 0.1) is 0 Å². The van der Waals surface area contributed by atoms with E-state index >= 15 is 0 Å². The molecule has 2 aromatic heterocycles. The Bertz CT molecular complexity index is 761. The molecule has 1 saturated heterocycles. The second kappa shape index (κ2) is 4.59. The molecule has 1 unspecified atom stereocenters. The molecule has 0 aromatic carbocycles. The summed E-state index contributed by atoms with van der Waals surface area (Å²) >= 11 is 0. The molecule has 0 bridgehead atoms. The highest BCUT2D eigenvalue weighted by Crippen LogP contribution is 2.24. The summed E-state index contributed by atoms with van der Waals surface area (Å²) in [5.41, 5.74) is 0.157. The lowest BCUT2D eigenvalue weighted by molar-refractivity contribution is 0.573. The van der Waals surface area contributed by atoms with E-state index in [4.69, 9.17) is 0 Å². The predicted molar refractivity (Wildman–Crippen MR) is 76.0 cm³/mol. The van der Waals surface area contributed by atoms with Gasteiger partial charge in [-0.2, -0.15) is 0 Å². The number of nitrogens with one attached hydrogen (secondary N) is 2. The van der Waals surface area contributed by atoms with Crippen molar-refractivity contribution in [2.45, 2.75) is 38.8 Å². The van der Waals surface area contributed by atoms with Crippen LogP contribution < -0.4 is 16.6 Å². The van der Waals surface area contributed by atoms with Gasteiger partial charge in [-0.3, -0.25) is 14.3 Å². The molecule has 20 heavy (non-hydrogen) atoms. The molecule has 2 N–H and O–H groups in total. The molecule has 7 nitrogen and oxygen atoms in total. The molecule has 0 saturated carbocycles. The van der Waals surface area contributed by atoms with Crippen molar-refractivity contribution in [2.24, 2.45) is 7.05 Å². The van der Waals surface area contributed by atoms with Crippen LogP contribution in [0.3, 0.4) is 0 Å². The third kappa shape index (κ3) is 1.81. The van der Waals surface area contributed by atoms with Gasteiger partial charge in [0.1, 0.15) is 5.82 Å². The van der Waals surface area contributed by atoms with Gasteiger partial charge in [-0.15, -0.1) is 0 Å². The van der Waals surface area contributed by atoms with Crippen LogP contribution in [-0.2, 0) is 7.05 Å². The Hall–Kier alpha value is -1.89. The van der Waals surface area contributed by atoms with Crippen LogP contribution >= 0.6 is 0 Å². The highest BCUT2D eigenvalue weighted by atomic mass is 16.2. The number of hydrogen-bond acceptors (Lipinski definition) is 4. The maximum Gasteiger partial charge on any atom is 0.330 e. The molecule has 3 heterocycles. The number of nitrogens with zero attached hydrogens (tertiary/aromatic N) is 3. The summed E-state index contributed by atoms with van der Waals surface area (Å²) in [6.07, 6.45) is 2.10. The number of aromatic amines is 1. The van der Waals surface area contributed by atoms with Gasteiger partial charge in [-0.1, -0.05) is 0 Å². The fourth-order valence-electron chi connectivity index (χ4n) is 2.93. The number of hydrogen-bond donors (Lipinski definition) is 2. The number of aryl methyl sites for hydroxylation is 1. The van der Waals surface area contributed by atoms with Crippen molar-refractivity contribution in [3.63, 3.8) is 0 Å². The monoisotopic (exact) mass is 277 g/mol. The molecule has 0 spiro atoms. The van der Waals surface area contributed by atoms with E-state index in [-0.39, 0.29) is 17.6 Å². The third-order valence-electron chi connectivity index (χ3n) is 3.88. The summed E-state index contributed by atoms with van der Waals surface area (Å²) in [7, 11) is 1.83. The van der Waals surface area contributed by atoms with Crippen molar-refractivity contribution in [2.75, 3.05) is 6.54 Å². The first-order chi connectivity index (χ1) is 9.50.